The number of benzene rings is 3. The van der Waals surface area contributed by atoms with E-state index in [0.717, 1.165) is 22.4 Å². The molecule has 0 aliphatic carbocycles. The molecule has 3 rings (SSSR count). The minimum absolute atomic E-state index is 0.255. The molecule has 0 aromatic heterocycles. The fraction of sp³-hybridized carbons (Fsp3) is 0.208. The Morgan fingerprint density at radius 3 is 2.52 bits per heavy atom. The SMILES string of the molecule is CCOc1cc(CNc2ccc(C(=O)O)cc2C)cc(Cl)c1OCc1cccc(Cl)c1. The number of aryl methyl sites for hydroxylation is 1. The van der Waals surface area contributed by atoms with E-state index < -0.39 is 5.97 Å². The van der Waals surface area contributed by atoms with Crippen molar-refractivity contribution in [3.05, 3.63) is 86.9 Å². The summed E-state index contributed by atoms with van der Waals surface area (Å²) < 4.78 is 11.7. The van der Waals surface area contributed by atoms with Crippen LogP contribution in [0.3, 0.4) is 0 Å². The first-order valence-electron chi connectivity index (χ1n) is 9.77. The Bertz CT molecular complexity index is 1090. The van der Waals surface area contributed by atoms with E-state index in [2.05, 4.69) is 5.32 Å². The standard InChI is InChI=1S/C24H23Cl2NO4/c1-3-30-22-12-17(13-27-21-8-7-18(24(28)29)9-15(21)2)11-20(26)23(22)31-14-16-5-4-6-19(25)10-16/h4-12,27H,3,13-14H2,1-2H3,(H,28,29). The smallest absolute Gasteiger partial charge is 0.335 e. The van der Waals surface area contributed by atoms with Crippen LogP contribution in [0.15, 0.2) is 54.6 Å². The number of hydrogen-bond acceptors (Lipinski definition) is 4. The average molecular weight is 460 g/mol. The number of carboxylic acids is 1. The molecule has 3 aromatic rings. The Hall–Kier alpha value is -2.89. The fourth-order valence-electron chi connectivity index (χ4n) is 3.10. The Kier molecular flexibility index (Phi) is 7.66. The number of nitrogens with one attached hydrogen (secondary N) is 1. The van der Waals surface area contributed by atoms with Gasteiger partial charge in [0.2, 0.25) is 0 Å². The summed E-state index contributed by atoms with van der Waals surface area (Å²) in [5, 5.41) is 13.5. The summed E-state index contributed by atoms with van der Waals surface area (Å²) in [6.07, 6.45) is 0. The zero-order valence-electron chi connectivity index (χ0n) is 17.2. The summed E-state index contributed by atoms with van der Waals surface area (Å²) >= 11 is 12.6. The minimum atomic E-state index is -0.948. The Morgan fingerprint density at radius 1 is 1.03 bits per heavy atom. The lowest BCUT2D eigenvalue weighted by atomic mass is 10.1. The first-order chi connectivity index (χ1) is 14.9. The maximum atomic E-state index is 11.1. The molecule has 0 aliphatic rings. The number of hydrogen-bond donors (Lipinski definition) is 2. The number of halogens is 2. The zero-order chi connectivity index (χ0) is 22.4. The molecule has 7 heteroatoms. The van der Waals surface area contributed by atoms with Gasteiger partial charge in [0.15, 0.2) is 11.5 Å². The second kappa shape index (κ2) is 10.4. The van der Waals surface area contributed by atoms with Crippen molar-refractivity contribution in [2.45, 2.75) is 27.0 Å². The van der Waals surface area contributed by atoms with Gasteiger partial charge < -0.3 is 19.9 Å². The monoisotopic (exact) mass is 459 g/mol. The van der Waals surface area contributed by atoms with Crippen molar-refractivity contribution in [3.8, 4) is 11.5 Å². The lowest BCUT2D eigenvalue weighted by molar-refractivity contribution is 0.0697. The molecule has 0 saturated carbocycles. The first kappa shape index (κ1) is 22.8. The topological polar surface area (TPSA) is 67.8 Å². The molecule has 0 fully saturated rings. The molecule has 0 bridgehead atoms. The van der Waals surface area contributed by atoms with Gasteiger partial charge in [-0.1, -0.05) is 35.3 Å². The highest BCUT2D eigenvalue weighted by Crippen LogP contribution is 2.37. The van der Waals surface area contributed by atoms with Crippen LogP contribution < -0.4 is 14.8 Å². The predicted molar refractivity (Wildman–Crippen MR) is 124 cm³/mol. The zero-order valence-corrected chi connectivity index (χ0v) is 18.8. The van der Waals surface area contributed by atoms with E-state index >= 15 is 0 Å². The largest absolute Gasteiger partial charge is 0.490 e. The van der Waals surface area contributed by atoms with Gasteiger partial charge in [0.1, 0.15) is 6.61 Å². The highest BCUT2D eigenvalue weighted by atomic mass is 35.5. The molecule has 0 saturated heterocycles. The van der Waals surface area contributed by atoms with Crippen LogP contribution in [0.2, 0.25) is 10.0 Å². The van der Waals surface area contributed by atoms with Gasteiger partial charge in [0.05, 0.1) is 17.2 Å². The highest BCUT2D eigenvalue weighted by molar-refractivity contribution is 6.32. The molecule has 0 amide bonds. The van der Waals surface area contributed by atoms with Gasteiger partial charge in [-0.05, 0) is 73.0 Å². The van der Waals surface area contributed by atoms with Gasteiger partial charge in [-0.3, -0.25) is 0 Å². The number of anilines is 1. The second-order valence-corrected chi connectivity index (χ2v) is 7.79. The third-order valence-electron chi connectivity index (χ3n) is 4.60. The number of ether oxygens (including phenoxy) is 2. The molecule has 31 heavy (non-hydrogen) atoms. The molecule has 0 heterocycles. The number of rotatable bonds is 9. The van der Waals surface area contributed by atoms with Crippen LogP contribution in [0.1, 0.15) is 34.0 Å². The maximum absolute atomic E-state index is 11.1. The summed E-state index contributed by atoms with van der Waals surface area (Å²) in [6, 6.07) is 16.1. The normalized spacial score (nSPS) is 10.6. The van der Waals surface area contributed by atoms with E-state index in [1.165, 1.54) is 0 Å². The van der Waals surface area contributed by atoms with Crippen molar-refractivity contribution in [2.24, 2.45) is 0 Å². The van der Waals surface area contributed by atoms with Gasteiger partial charge >= 0.3 is 5.97 Å². The van der Waals surface area contributed by atoms with Crippen molar-refractivity contribution >= 4 is 34.9 Å². The van der Waals surface area contributed by atoms with Crippen LogP contribution in [0.25, 0.3) is 0 Å². The quantitative estimate of drug-likeness (QED) is 0.377. The van der Waals surface area contributed by atoms with E-state index in [0.29, 0.717) is 41.3 Å². The molecule has 2 N–H and O–H groups in total. The maximum Gasteiger partial charge on any atom is 0.335 e. The Morgan fingerprint density at radius 2 is 1.84 bits per heavy atom. The molecule has 0 spiro atoms. The number of aromatic carboxylic acids is 1. The molecular weight excluding hydrogens is 437 g/mol. The number of carbonyl (C=O) groups is 1. The van der Waals surface area contributed by atoms with E-state index in [1.807, 2.05) is 50.2 Å². The molecule has 162 valence electrons. The Labute approximate surface area is 191 Å². The van der Waals surface area contributed by atoms with Crippen molar-refractivity contribution in [3.63, 3.8) is 0 Å². The van der Waals surface area contributed by atoms with Gasteiger partial charge in [-0.25, -0.2) is 4.79 Å². The van der Waals surface area contributed by atoms with Crippen molar-refractivity contribution in [1.29, 1.82) is 0 Å². The Balaban J connectivity index is 1.75. The van der Waals surface area contributed by atoms with Crippen LogP contribution in [0, 0.1) is 6.92 Å². The average Bonchev–Trinajstić information content (AvgIpc) is 2.72. The van der Waals surface area contributed by atoms with E-state index in [1.54, 1.807) is 18.2 Å². The summed E-state index contributed by atoms with van der Waals surface area (Å²) in [5.41, 5.74) is 3.78. The van der Waals surface area contributed by atoms with E-state index in [9.17, 15) is 4.79 Å². The molecule has 0 atom stereocenters. The van der Waals surface area contributed by atoms with Gasteiger partial charge in [-0.15, -0.1) is 0 Å². The van der Waals surface area contributed by atoms with Gasteiger partial charge in [0.25, 0.3) is 0 Å². The molecule has 0 radical (unpaired) electrons. The minimum Gasteiger partial charge on any atom is -0.490 e. The predicted octanol–water partition coefficient (Wildman–Crippen LogP) is 6.59. The van der Waals surface area contributed by atoms with Crippen molar-refractivity contribution in [1.82, 2.24) is 0 Å². The molecule has 0 unspecified atom stereocenters. The number of carboxylic acid groups (broad SMARTS) is 1. The highest BCUT2D eigenvalue weighted by Gasteiger charge is 2.14. The first-order valence-corrected chi connectivity index (χ1v) is 10.5. The van der Waals surface area contributed by atoms with E-state index in [-0.39, 0.29) is 5.56 Å². The van der Waals surface area contributed by atoms with E-state index in [4.69, 9.17) is 37.8 Å². The summed E-state index contributed by atoms with van der Waals surface area (Å²) in [6.45, 7) is 5.03. The second-order valence-electron chi connectivity index (χ2n) is 6.94. The third kappa shape index (κ3) is 6.06. The van der Waals surface area contributed by atoms with Gasteiger partial charge in [0, 0.05) is 17.3 Å². The molecule has 5 nitrogen and oxygen atoms in total. The van der Waals surface area contributed by atoms with Gasteiger partial charge in [-0.2, -0.15) is 0 Å². The summed E-state index contributed by atoms with van der Waals surface area (Å²) in [4.78, 5) is 11.1. The molecule has 3 aromatic carbocycles. The summed E-state index contributed by atoms with van der Waals surface area (Å²) in [5.74, 6) is 0.0946. The van der Waals surface area contributed by atoms with Crippen molar-refractivity contribution in [2.75, 3.05) is 11.9 Å². The van der Waals surface area contributed by atoms with Crippen LogP contribution in [-0.2, 0) is 13.2 Å². The lowest BCUT2D eigenvalue weighted by Gasteiger charge is -2.16. The van der Waals surface area contributed by atoms with Crippen LogP contribution in [-0.4, -0.2) is 17.7 Å². The molecule has 0 aliphatic heterocycles. The summed E-state index contributed by atoms with van der Waals surface area (Å²) in [7, 11) is 0. The fourth-order valence-corrected chi connectivity index (χ4v) is 3.60. The lowest BCUT2D eigenvalue weighted by Crippen LogP contribution is -2.05. The van der Waals surface area contributed by atoms with Crippen LogP contribution in [0.5, 0.6) is 11.5 Å². The molecular formula is C24H23Cl2NO4. The van der Waals surface area contributed by atoms with Crippen molar-refractivity contribution < 1.29 is 19.4 Å². The van der Waals surface area contributed by atoms with Crippen LogP contribution >= 0.6 is 23.2 Å². The van der Waals surface area contributed by atoms with Crippen LogP contribution in [0.4, 0.5) is 5.69 Å². The third-order valence-corrected chi connectivity index (χ3v) is 5.11.